The molecular weight excluding hydrogens is 222 g/mol. The van der Waals surface area contributed by atoms with Crippen LogP contribution in [0.3, 0.4) is 0 Å². The Morgan fingerprint density at radius 2 is 2.00 bits per heavy atom. The molecule has 0 N–H and O–H groups in total. The van der Waals surface area contributed by atoms with E-state index in [0.717, 1.165) is 19.4 Å². The molecule has 3 rings (SSSR count). The average Bonchev–Trinajstić information content (AvgIpc) is 2.43. The fraction of sp³-hybridized carbons (Fsp3) is 0.333. The molecule has 0 aliphatic carbocycles. The Labute approximate surface area is 108 Å². The molecule has 0 amide bonds. The molecule has 1 atom stereocenters. The van der Waals surface area contributed by atoms with E-state index in [-0.39, 0.29) is 0 Å². The first-order valence-corrected chi connectivity index (χ1v) is 6.36. The molecule has 92 valence electrons. The summed E-state index contributed by atoms with van der Waals surface area (Å²) in [6.45, 7) is 1.12. The van der Waals surface area contributed by atoms with Crippen molar-refractivity contribution in [2.45, 2.75) is 18.9 Å². The van der Waals surface area contributed by atoms with Gasteiger partial charge in [0.25, 0.3) is 0 Å². The number of hydrogen-bond donors (Lipinski definition) is 0. The van der Waals surface area contributed by atoms with Crippen LogP contribution in [0.5, 0.6) is 0 Å². The highest BCUT2D eigenvalue weighted by Gasteiger charge is 2.24. The third-order valence-electron chi connectivity index (χ3n) is 3.72. The number of benzene rings is 1. The summed E-state index contributed by atoms with van der Waals surface area (Å²) in [6, 6.07) is 9.20. The van der Waals surface area contributed by atoms with Crippen molar-refractivity contribution in [3.8, 4) is 0 Å². The van der Waals surface area contributed by atoms with E-state index in [4.69, 9.17) is 0 Å². The average molecular weight is 239 g/mol. The van der Waals surface area contributed by atoms with Crippen LogP contribution in [0.1, 0.15) is 22.7 Å². The van der Waals surface area contributed by atoms with E-state index >= 15 is 0 Å². The van der Waals surface area contributed by atoms with Crippen molar-refractivity contribution in [2.24, 2.45) is 0 Å². The molecule has 1 aromatic heterocycles. The Morgan fingerprint density at radius 3 is 2.83 bits per heavy atom. The summed E-state index contributed by atoms with van der Waals surface area (Å²) in [5.41, 5.74) is 4.14. The predicted molar refractivity (Wildman–Crippen MR) is 71.3 cm³/mol. The lowest BCUT2D eigenvalue weighted by Crippen LogP contribution is -2.33. The van der Waals surface area contributed by atoms with Crippen molar-refractivity contribution in [3.05, 3.63) is 59.7 Å². The molecule has 1 unspecified atom stereocenters. The molecule has 0 radical (unpaired) electrons. The summed E-state index contributed by atoms with van der Waals surface area (Å²) >= 11 is 0. The number of likely N-dealkylation sites (N-methyl/N-ethyl adjacent to an activating group) is 1. The molecule has 2 aromatic rings. The quantitative estimate of drug-likeness (QED) is 0.805. The molecular formula is C15H17N3. The van der Waals surface area contributed by atoms with Gasteiger partial charge in [0.15, 0.2) is 0 Å². The van der Waals surface area contributed by atoms with E-state index in [1.807, 2.05) is 12.4 Å². The molecule has 0 saturated carbocycles. The van der Waals surface area contributed by atoms with Gasteiger partial charge in [0, 0.05) is 25.0 Å². The molecule has 1 aliphatic rings. The summed E-state index contributed by atoms with van der Waals surface area (Å²) in [7, 11) is 2.20. The first-order chi connectivity index (χ1) is 8.84. The van der Waals surface area contributed by atoms with E-state index < -0.39 is 0 Å². The Balaban J connectivity index is 1.91. The molecule has 3 nitrogen and oxygen atoms in total. The van der Waals surface area contributed by atoms with Crippen LogP contribution in [-0.4, -0.2) is 28.5 Å². The van der Waals surface area contributed by atoms with Gasteiger partial charge < -0.3 is 0 Å². The van der Waals surface area contributed by atoms with Gasteiger partial charge in [-0.3, -0.25) is 4.90 Å². The third kappa shape index (κ3) is 2.14. The predicted octanol–water partition coefficient (Wildman–Crippen LogP) is 2.25. The minimum absolute atomic E-state index is 0.445. The van der Waals surface area contributed by atoms with Gasteiger partial charge in [-0.2, -0.15) is 0 Å². The molecule has 0 spiro atoms. The molecule has 0 saturated heterocycles. The zero-order chi connectivity index (χ0) is 12.4. The standard InChI is InChI=1S/C15H17N3/c1-18-7-6-13-4-2-3-5-14(13)15(18)8-12-9-16-11-17-10-12/h2-5,9-11,15H,6-8H2,1H3. The number of hydrogen-bond acceptors (Lipinski definition) is 3. The Bertz CT molecular complexity index is 524. The molecule has 1 aliphatic heterocycles. The zero-order valence-electron chi connectivity index (χ0n) is 10.6. The van der Waals surface area contributed by atoms with E-state index in [1.165, 1.54) is 16.7 Å². The number of aromatic nitrogens is 2. The fourth-order valence-electron chi connectivity index (χ4n) is 2.70. The van der Waals surface area contributed by atoms with Crippen molar-refractivity contribution < 1.29 is 0 Å². The van der Waals surface area contributed by atoms with Crippen molar-refractivity contribution in [1.29, 1.82) is 0 Å². The van der Waals surface area contributed by atoms with Gasteiger partial charge in [-0.25, -0.2) is 9.97 Å². The molecule has 3 heteroatoms. The van der Waals surface area contributed by atoms with E-state index in [9.17, 15) is 0 Å². The molecule has 0 fully saturated rings. The van der Waals surface area contributed by atoms with Crippen LogP contribution in [-0.2, 0) is 12.8 Å². The lowest BCUT2D eigenvalue weighted by Gasteiger charge is -2.34. The Hall–Kier alpha value is -1.74. The second kappa shape index (κ2) is 4.86. The first kappa shape index (κ1) is 11.4. The van der Waals surface area contributed by atoms with Crippen LogP contribution in [0.2, 0.25) is 0 Å². The van der Waals surface area contributed by atoms with Crippen molar-refractivity contribution in [1.82, 2.24) is 14.9 Å². The number of nitrogens with zero attached hydrogens (tertiary/aromatic N) is 3. The van der Waals surface area contributed by atoms with Gasteiger partial charge in [-0.1, -0.05) is 24.3 Å². The van der Waals surface area contributed by atoms with Crippen LogP contribution in [0.4, 0.5) is 0 Å². The van der Waals surface area contributed by atoms with Crippen molar-refractivity contribution in [3.63, 3.8) is 0 Å². The van der Waals surface area contributed by atoms with Crippen molar-refractivity contribution >= 4 is 0 Å². The normalized spacial score (nSPS) is 19.5. The second-order valence-corrected chi connectivity index (χ2v) is 4.90. The number of rotatable bonds is 2. The van der Waals surface area contributed by atoms with Gasteiger partial charge >= 0.3 is 0 Å². The van der Waals surface area contributed by atoms with Gasteiger partial charge in [0.05, 0.1) is 0 Å². The van der Waals surface area contributed by atoms with E-state index in [2.05, 4.69) is 46.2 Å². The summed E-state index contributed by atoms with van der Waals surface area (Å²) in [6.07, 6.45) is 7.54. The summed E-state index contributed by atoms with van der Waals surface area (Å²) in [5, 5.41) is 0. The molecule has 0 bridgehead atoms. The van der Waals surface area contributed by atoms with Crippen LogP contribution in [0, 0.1) is 0 Å². The number of fused-ring (bicyclic) bond motifs is 1. The lowest BCUT2D eigenvalue weighted by atomic mass is 9.90. The lowest BCUT2D eigenvalue weighted by molar-refractivity contribution is 0.229. The minimum Gasteiger partial charge on any atom is -0.299 e. The largest absolute Gasteiger partial charge is 0.299 e. The van der Waals surface area contributed by atoms with Gasteiger partial charge in [-0.15, -0.1) is 0 Å². The smallest absolute Gasteiger partial charge is 0.115 e. The summed E-state index contributed by atoms with van der Waals surface area (Å²) < 4.78 is 0. The van der Waals surface area contributed by atoms with Crippen LogP contribution >= 0.6 is 0 Å². The minimum atomic E-state index is 0.445. The Kier molecular flexibility index (Phi) is 3.07. The van der Waals surface area contributed by atoms with E-state index in [0.29, 0.717) is 6.04 Å². The summed E-state index contributed by atoms with van der Waals surface area (Å²) in [5.74, 6) is 0. The highest BCUT2D eigenvalue weighted by atomic mass is 15.1. The molecule has 1 aromatic carbocycles. The SMILES string of the molecule is CN1CCc2ccccc2C1Cc1cncnc1. The maximum Gasteiger partial charge on any atom is 0.115 e. The van der Waals surface area contributed by atoms with Crippen LogP contribution < -0.4 is 0 Å². The van der Waals surface area contributed by atoms with Crippen LogP contribution in [0.25, 0.3) is 0 Å². The maximum absolute atomic E-state index is 4.10. The van der Waals surface area contributed by atoms with Gasteiger partial charge in [-0.05, 0) is 36.6 Å². The van der Waals surface area contributed by atoms with Gasteiger partial charge in [0.2, 0.25) is 0 Å². The monoisotopic (exact) mass is 239 g/mol. The highest BCUT2D eigenvalue weighted by Crippen LogP contribution is 2.30. The molecule has 2 heterocycles. The highest BCUT2D eigenvalue weighted by molar-refractivity contribution is 5.33. The summed E-state index contributed by atoms with van der Waals surface area (Å²) in [4.78, 5) is 10.6. The maximum atomic E-state index is 4.10. The van der Waals surface area contributed by atoms with Crippen LogP contribution in [0.15, 0.2) is 43.0 Å². The Morgan fingerprint density at radius 1 is 1.22 bits per heavy atom. The zero-order valence-corrected chi connectivity index (χ0v) is 10.6. The van der Waals surface area contributed by atoms with Gasteiger partial charge in [0.1, 0.15) is 6.33 Å². The van der Waals surface area contributed by atoms with E-state index in [1.54, 1.807) is 6.33 Å². The van der Waals surface area contributed by atoms with Crippen molar-refractivity contribution in [2.75, 3.05) is 13.6 Å². The third-order valence-corrected chi connectivity index (χ3v) is 3.72. The molecule has 18 heavy (non-hydrogen) atoms. The fourth-order valence-corrected chi connectivity index (χ4v) is 2.70. The topological polar surface area (TPSA) is 29.0 Å². The second-order valence-electron chi connectivity index (χ2n) is 4.90. The first-order valence-electron chi connectivity index (χ1n) is 6.36.